The van der Waals surface area contributed by atoms with Gasteiger partial charge in [-0.2, -0.15) is 0 Å². The highest BCUT2D eigenvalue weighted by Gasteiger charge is 2.39. The molecule has 0 saturated heterocycles. The molecule has 2 atom stereocenters. The molecule has 2 rings (SSSR count). The number of para-hydroxylation sites is 1. The lowest BCUT2D eigenvalue weighted by atomic mass is 10.1. The zero-order valence-electron chi connectivity index (χ0n) is 13.4. The third-order valence-electron chi connectivity index (χ3n) is 3.55. The quantitative estimate of drug-likeness (QED) is 0.685. The minimum atomic E-state index is -0.899. The number of benzene rings is 1. The molecule has 3 N–H and O–H groups in total. The number of carbonyl (C=O) groups is 3. The van der Waals surface area contributed by atoms with E-state index in [4.69, 9.17) is 5.11 Å². The van der Waals surface area contributed by atoms with Crippen LogP contribution in [0.4, 0.5) is 5.69 Å². The van der Waals surface area contributed by atoms with E-state index in [1.165, 1.54) is 6.92 Å². The second kappa shape index (κ2) is 6.78. The van der Waals surface area contributed by atoms with E-state index in [9.17, 15) is 14.4 Å². The van der Waals surface area contributed by atoms with Crippen LogP contribution in [0.1, 0.15) is 32.4 Å². The summed E-state index contributed by atoms with van der Waals surface area (Å²) < 4.78 is 0. The first-order valence-corrected chi connectivity index (χ1v) is 7.51. The highest BCUT2D eigenvalue weighted by molar-refractivity contribution is 6.35. The molecule has 0 fully saturated rings. The molecule has 1 heterocycles. The van der Waals surface area contributed by atoms with Crippen molar-refractivity contribution in [2.45, 2.75) is 39.0 Å². The van der Waals surface area contributed by atoms with Crippen molar-refractivity contribution in [1.82, 2.24) is 10.6 Å². The summed E-state index contributed by atoms with van der Waals surface area (Å²) in [6.07, 6.45) is -0.753. The summed E-state index contributed by atoms with van der Waals surface area (Å²) >= 11 is 0. The van der Waals surface area contributed by atoms with Gasteiger partial charge in [-0.25, -0.2) is 0 Å². The molecule has 124 valence electrons. The minimum absolute atomic E-state index is 0.0282. The Kier molecular flexibility index (Phi) is 5.00. The van der Waals surface area contributed by atoms with Crippen molar-refractivity contribution in [3.05, 3.63) is 29.8 Å². The van der Waals surface area contributed by atoms with Gasteiger partial charge in [0.2, 0.25) is 0 Å². The highest BCUT2D eigenvalue weighted by atomic mass is 16.3. The van der Waals surface area contributed by atoms with Gasteiger partial charge in [-0.15, -0.1) is 0 Å². The molecule has 0 aliphatic carbocycles. The molecule has 0 aromatic heterocycles. The first-order valence-electron chi connectivity index (χ1n) is 7.51. The average Bonchev–Trinajstić information content (AvgIpc) is 2.77. The normalized spacial score (nSPS) is 17.9. The molecule has 0 bridgehead atoms. The number of amides is 3. The molecule has 1 unspecified atom stereocenters. The van der Waals surface area contributed by atoms with Crippen LogP contribution in [0.2, 0.25) is 0 Å². The van der Waals surface area contributed by atoms with Gasteiger partial charge in [0.05, 0.1) is 6.10 Å². The summed E-state index contributed by atoms with van der Waals surface area (Å²) in [6, 6.07) is 6.23. The number of rotatable bonds is 4. The number of aliphatic hydroxyl groups is 1. The van der Waals surface area contributed by atoms with Crippen molar-refractivity contribution >= 4 is 23.4 Å². The van der Waals surface area contributed by atoms with Gasteiger partial charge in [0.15, 0.2) is 0 Å². The first kappa shape index (κ1) is 17.0. The SMILES string of the molecule is CC(C)N1C(=O)C(NC(=O)C(=O)NC[C@H](C)O)c2ccccc21. The van der Waals surface area contributed by atoms with E-state index in [0.29, 0.717) is 5.56 Å². The second-order valence-corrected chi connectivity index (χ2v) is 5.83. The van der Waals surface area contributed by atoms with E-state index in [2.05, 4.69) is 10.6 Å². The van der Waals surface area contributed by atoms with Gasteiger partial charge in [-0.3, -0.25) is 14.4 Å². The summed E-state index contributed by atoms with van der Waals surface area (Å²) in [4.78, 5) is 37.9. The Morgan fingerprint density at radius 1 is 1.22 bits per heavy atom. The van der Waals surface area contributed by atoms with Gasteiger partial charge >= 0.3 is 11.8 Å². The Morgan fingerprint density at radius 3 is 2.48 bits per heavy atom. The maximum absolute atomic E-state index is 12.6. The molecule has 1 aromatic rings. The van der Waals surface area contributed by atoms with Crippen LogP contribution in [0.25, 0.3) is 0 Å². The number of hydrogen-bond donors (Lipinski definition) is 3. The smallest absolute Gasteiger partial charge is 0.310 e. The van der Waals surface area contributed by atoms with E-state index in [1.54, 1.807) is 17.0 Å². The van der Waals surface area contributed by atoms with Crippen LogP contribution in [0.5, 0.6) is 0 Å². The van der Waals surface area contributed by atoms with Crippen LogP contribution >= 0.6 is 0 Å². The Bertz CT molecular complexity index is 628. The number of fused-ring (bicyclic) bond motifs is 1. The lowest BCUT2D eigenvalue weighted by Crippen LogP contribution is -2.46. The number of aliphatic hydroxyl groups excluding tert-OH is 1. The zero-order valence-corrected chi connectivity index (χ0v) is 13.4. The summed E-state index contributed by atoms with van der Waals surface area (Å²) in [5.74, 6) is -2.04. The highest BCUT2D eigenvalue weighted by Crippen LogP contribution is 2.36. The molecule has 0 saturated carbocycles. The van der Waals surface area contributed by atoms with Crippen molar-refractivity contribution in [2.75, 3.05) is 11.4 Å². The van der Waals surface area contributed by atoms with E-state index in [0.717, 1.165) is 5.69 Å². The summed E-state index contributed by atoms with van der Waals surface area (Å²) in [5, 5.41) is 13.9. The van der Waals surface area contributed by atoms with Crippen LogP contribution in [-0.4, -0.2) is 41.5 Å². The maximum atomic E-state index is 12.6. The summed E-state index contributed by atoms with van der Waals surface area (Å²) in [6.45, 7) is 5.23. The lowest BCUT2D eigenvalue weighted by Gasteiger charge is -2.22. The predicted molar refractivity (Wildman–Crippen MR) is 84.6 cm³/mol. The van der Waals surface area contributed by atoms with Gasteiger partial charge in [-0.05, 0) is 26.8 Å². The topological polar surface area (TPSA) is 98.7 Å². The van der Waals surface area contributed by atoms with Crippen molar-refractivity contribution in [1.29, 1.82) is 0 Å². The van der Waals surface area contributed by atoms with Gasteiger partial charge in [-0.1, -0.05) is 18.2 Å². The van der Waals surface area contributed by atoms with Crippen LogP contribution in [-0.2, 0) is 14.4 Å². The predicted octanol–water partition coefficient (Wildman–Crippen LogP) is 0.0959. The van der Waals surface area contributed by atoms with Gasteiger partial charge in [0, 0.05) is 23.8 Å². The fourth-order valence-electron chi connectivity index (χ4n) is 2.53. The van der Waals surface area contributed by atoms with E-state index >= 15 is 0 Å². The molecule has 1 aliphatic heterocycles. The van der Waals surface area contributed by atoms with Crippen molar-refractivity contribution in [2.24, 2.45) is 0 Å². The molecule has 1 aromatic carbocycles. The van der Waals surface area contributed by atoms with Crippen LogP contribution in [0, 0.1) is 0 Å². The molecule has 3 amide bonds. The molecule has 7 heteroatoms. The zero-order chi connectivity index (χ0) is 17.1. The molecule has 0 spiro atoms. The van der Waals surface area contributed by atoms with E-state index < -0.39 is 24.0 Å². The van der Waals surface area contributed by atoms with Crippen LogP contribution in [0.15, 0.2) is 24.3 Å². The number of nitrogens with zero attached hydrogens (tertiary/aromatic N) is 1. The fourth-order valence-corrected chi connectivity index (χ4v) is 2.53. The monoisotopic (exact) mass is 319 g/mol. The molecular formula is C16H21N3O4. The van der Waals surface area contributed by atoms with Gasteiger partial charge < -0.3 is 20.6 Å². The standard InChI is InChI=1S/C16H21N3O4/c1-9(2)19-12-7-5-4-6-11(12)13(16(19)23)18-15(22)14(21)17-8-10(3)20/h4-7,9-10,13,20H,8H2,1-3H3,(H,17,21)(H,18,22)/t10-,13?/m0/s1. The molecule has 23 heavy (non-hydrogen) atoms. The van der Waals surface area contributed by atoms with Crippen LogP contribution < -0.4 is 15.5 Å². The van der Waals surface area contributed by atoms with Crippen LogP contribution in [0.3, 0.4) is 0 Å². The molecule has 7 nitrogen and oxygen atoms in total. The minimum Gasteiger partial charge on any atom is -0.392 e. The van der Waals surface area contributed by atoms with Gasteiger partial charge in [0.1, 0.15) is 6.04 Å². The van der Waals surface area contributed by atoms with Crippen molar-refractivity contribution in [3.63, 3.8) is 0 Å². The summed E-state index contributed by atoms with van der Waals surface area (Å²) in [7, 11) is 0. The summed E-state index contributed by atoms with van der Waals surface area (Å²) in [5.41, 5.74) is 1.41. The first-order chi connectivity index (χ1) is 10.8. The molecule has 1 aliphatic rings. The third-order valence-corrected chi connectivity index (χ3v) is 3.55. The van der Waals surface area contributed by atoms with Gasteiger partial charge in [0.25, 0.3) is 5.91 Å². The number of anilines is 1. The van der Waals surface area contributed by atoms with Crippen molar-refractivity contribution < 1.29 is 19.5 Å². The second-order valence-electron chi connectivity index (χ2n) is 5.83. The molecular weight excluding hydrogens is 298 g/mol. The Hall–Kier alpha value is -2.41. The fraction of sp³-hybridized carbons (Fsp3) is 0.438. The number of nitrogens with one attached hydrogen (secondary N) is 2. The lowest BCUT2D eigenvalue weighted by molar-refractivity contribution is -0.140. The number of carbonyl (C=O) groups excluding carboxylic acids is 3. The maximum Gasteiger partial charge on any atom is 0.310 e. The number of hydrogen-bond acceptors (Lipinski definition) is 4. The van der Waals surface area contributed by atoms with E-state index in [1.807, 2.05) is 26.0 Å². The largest absolute Gasteiger partial charge is 0.392 e. The Labute approximate surface area is 134 Å². The average molecular weight is 319 g/mol. The van der Waals surface area contributed by atoms with E-state index in [-0.39, 0.29) is 18.5 Å². The Morgan fingerprint density at radius 2 is 1.87 bits per heavy atom. The van der Waals surface area contributed by atoms with Crippen molar-refractivity contribution in [3.8, 4) is 0 Å². The molecule has 0 radical (unpaired) electrons. The Balaban J connectivity index is 2.15. The third kappa shape index (κ3) is 3.50.